The number of amides is 1. The summed E-state index contributed by atoms with van der Waals surface area (Å²) in [7, 11) is 0. The van der Waals surface area contributed by atoms with Crippen LogP contribution in [-0.4, -0.2) is 39.9 Å². The Labute approximate surface area is 153 Å². The number of nitrogens with zero attached hydrogens (tertiary/aromatic N) is 3. The molecular formula is C19H23ClN4O. The molecule has 1 aromatic heterocycles. The number of piperidine rings is 1. The Bertz CT molecular complexity index is 670. The molecule has 0 spiro atoms. The Kier molecular flexibility index (Phi) is 6.23. The van der Waals surface area contributed by atoms with Gasteiger partial charge in [-0.3, -0.25) is 4.79 Å². The molecule has 2 heterocycles. The number of anilines is 1. The van der Waals surface area contributed by atoms with Crippen molar-refractivity contribution >= 4 is 23.5 Å². The highest BCUT2D eigenvalue weighted by atomic mass is 35.5. The van der Waals surface area contributed by atoms with Crippen LogP contribution in [0.2, 0.25) is 5.02 Å². The number of carbonyl (C=O) groups is 1. The Hall–Kier alpha value is -2.14. The molecule has 1 aliphatic heterocycles. The van der Waals surface area contributed by atoms with Crippen LogP contribution in [0.1, 0.15) is 31.2 Å². The lowest BCUT2D eigenvalue weighted by atomic mass is 10.0. The van der Waals surface area contributed by atoms with Gasteiger partial charge in [-0.25, -0.2) is 9.97 Å². The summed E-state index contributed by atoms with van der Waals surface area (Å²) in [5.41, 5.74) is 1.22. The minimum atomic E-state index is 0.253. The van der Waals surface area contributed by atoms with Gasteiger partial charge in [-0.05, 0) is 49.4 Å². The van der Waals surface area contributed by atoms with Crippen LogP contribution in [0.4, 0.5) is 5.95 Å². The summed E-state index contributed by atoms with van der Waals surface area (Å²) in [6.45, 7) is 1.59. The summed E-state index contributed by atoms with van der Waals surface area (Å²) in [5.74, 6) is 0.915. The van der Waals surface area contributed by atoms with Crippen molar-refractivity contribution in [3.63, 3.8) is 0 Å². The lowest BCUT2D eigenvalue weighted by Gasteiger charge is -2.32. The third-order valence-corrected chi connectivity index (χ3v) is 4.77. The van der Waals surface area contributed by atoms with E-state index in [4.69, 9.17) is 11.6 Å². The molecule has 1 saturated heterocycles. The molecule has 1 aromatic carbocycles. The standard InChI is InChI=1S/C19H23ClN4O/c20-16-7-5-15(6-8-16)3-1-4-18(25)24-13-9-17(10-14-24)23-19-21-11-2-12-22-19/h2,5-8,11-12,17H,1,3-4,9-10,13-14H2,(H,21,22,23). The van der Waals surface area contributed by atoms with Crippen molar-refractivity contribution in [3.05, 3.63) is 53.3 Å². The predicted octanol–water partition coefficient (Wildman–Crippen LogP) is 3.56. The van der Waals surface area contributed by atoms with Gasteiger partial charge in [0.15, 0.2) is 0 Å². The van der Waals surface area contributed by atoms with E-state index in [9.17, 15) is 4.79 Å². The van der Waals surface area contributed by atoms with Gasteiger partial charge in [-0.15, -0.1) is 0 Å². The summed E-state index contributed by atoms with van der Waals surface area (Å²) in [5, 5.41) is 4.09. The zero-order valence-electron chi connectivity index (χ0n) is 14.2. The minimum Gasteiger partial charge on any atom is -0.351 e. The first kappa shape index (κ1) is 17.7. The van der Waals surface area contributed by atoms with E-state index < -0.39 is 0 Å². The summed E-state index contributed by atoms with van der Waals surface area (Å²) in [6.07, 6.45) is 7.71. The second kappa shape index (κ2) is 8.81. The molecule has 0 unspecified atom stereocenters. The molecule has 6 heteroatoms. The quantitative estimate of drug-likeness (QED) is 0.857. The van der Waals surface area contributed by atoms with Crippen LogP contribution in [0.25, 0.3) is 0 Å². The maximum Gasteiger partial charge on any atom is 0.222 e. The molecule has 1 N–H and O–H groups in total. The zero-order chi connectivity index (χ0) is 17.5. The second-order valence-corrected chi connectivity index (χ2v) is 6.79. The normalized spacial score (nSPS) is 15.2. The monoisotopic (exact) mass is 358 g/mol. The van der Waals surface area contributed by atoms with Gasteiger partial charge in [0.05, 0.1) is 0 Å². The highest BCUT2D eigenvalue weighted by molar-refractivity contribution is 6.30. The van der Waals surface area contributed by atoms with Gasteiger partial charge in [0.1, 0.15) is 0 Å². The van der Waals surface area contributed by atoms with Gasteiger partial charge in [-0.1, -0.05) is 23.7 Å². The Balaban J connectivity index is 1.37. The van der Waals surface area contributed by atoms with Gasteiger partial charge < -0.3 is 10.2 Å². The molecule has 0 radical (unpaired) electrons. The maximum atomic E-state index is 12.4. The molecule has 5 nitrogen and oxygen atoms in total. The largest absolute Gasteiger partial charge is 0.351 e. The maximum absolute atomic E-state index is 12.4. The van der Waals surface area contributed by atoms with Crippen LogP contribution in [0.3, 0.4) is 0 Å². The minimum absolute atomic E-state index is 0.253. The third kappa shape index (κ3) is 5.43. The van der Waals surface area contributed by atoms with Crippen LogP contribution >= 0.6 is 11.6 Å². The van der Waals surface area contributed by atoms with Crippen molar-refractivity contribution in [2.24, 2.45) is 0 Å². The van der Waals surface area contributed by atoms with Gasteiger partial charge in [-0.2, -0.15) is 0 Å². The van der Waals surface area contributed by atoms with E-state index >= 15 is 0 Å². The first-order valence-electron chi connectivity index (χ1n) is 8.76. The number of hydrogen-bond acceptors (Lipinski definition) is 4. The lowest BCUT2D eigenvalue weighted by molar-refractivity contribution is -0.132. The number of carbonyl (C=O) groups excluding carboxylic acids is 1. The Morgan fingerprint density at radius 1 is 1.16 bits per heavy atom. The van der Waals surface area contributed by atoms with Crippen molar-refractivity contribution < 1.29 is 4.79 Å². The molecule has 3 rings (SSSR count). The highest BCUT2D eigenvalue weighted by Gasteiger charge is 2.22. The van der Waals surface area contributed by atoms with Crippen LogP contribution in [0, 0.1) is 0 Å². The van der Waals surface area contributed by atoms with Crippen LogP contribution < -0.4 is 5.32 Å². The summed E-state index contributed by atoms with van der Waals surface area (Å²) < 4.78 is 0. The molecular weight excluding hydrogens is 336 g/mol. The molecule has 2 aromatic rings. The number of hydrogen-bond donors (Lipinski definition) is 1. The topological polar surface area (TPSA) is 58.1 Å². The molecule has 0 saturated carbocycles. The number of aromatic nitrogens is 2. The first-order valence-corrected chi connectivity index (χ1v) is 9.14. The van der Waals surface area contributed by atoms with Crippen molar-refractivity contribution in [1.29, 1.82) is 0 Å². The summed E-state index contributed by atoms with van der Waals surface area (Å²) in [6, 6.07) is 9.97. The number of aryl methyl sites for hydroxylation is 1. The molecule has 25 heavy (non-hydrogen) atoms. The van der Waals surface area contributed by atoms with E-state index in [-0.39, 0.29) is 5.91 Å². The van der Waals surface area contributed by atoms with E-state index in [0.29, 0.717) is 18.4 Å². The van der Waals surface area contributed by atoms with Gasteiger partial charge in [0, 0.05) is 43.0 Å². The average molecular weight is 359 g/mol. The molecule has 1 aliphatic rings. The van der Waals surface area contributed by atoms with Crippen molar-refractivity contribution in [1.82, 2.24) is 14.9 Å². The smallest absolute Gasteiger partial charge is 0.222 e. The second-order valence-electron chi connectivity index (χ2n) is 6.35. The fourth-order valence-electron chi connectivity index (χ4n) is 3.08. The molecule has 0 atom stereocenters. The summed E-state index contributed by atoms with van der Waals surface area (Å²) >= 11 is 5.89. The number of benzene rings is 1. The Morgan fingerprint density at radius 3 is 2.52 bits per heavy atom. The third-order valence-electron chi connectivity index (χ3n) is 4.52. The van der Waals surface area contributed by atoms with Crippen LogP contribution in [0.5, 0.6) is 0 Å². The van der Waals surface area contributed by atoms with E-state index in [1.165, 1.54) is 5.56 Å². The predicted molar refractivity (Wildman–Crippen MR) is 99.6 cm³/mol. The summed E-state index contributed by atoms with van der Waals surface area (Å²) in [4.78, 5) is 22.7. The number of likely N-dealkylation sites (tertiary alicyclic amines) is 1. The number of rotatable bonds is 6. The van der Waals surface area contributed by atoms with Crippen molar-refractivity contribution in [2.75, 3.05) is 18.4 Å². The first-order chi connectivity index (χ1) is 12.2. The fourth-order valence-corrected chi connectivity index (χ4v) is 3.21. The van der Waals surface area contributed by atoms with Crippen LogP contribution in [-0.2, 0) is 11.2 Å². The molecule has 1 fully saturated rings. The molecule has 132 valence electrons. The molecule has 0 aliphatic carbocycles. The van der Waals surface area contributed by atoms with Crippen molar-refractivity contribution in [3.8, 4) is 0 Å². The highest BCUT2D eigenvalue weighted by Crippen LogP contribution is 2.16. The lowest BCUT2D eigenvalue weighted by Crippen LogP contribution is -2.42. The van der Waals surface area contributed by atoms with E-state index in [1.54, 1.807) is 18.5 Å². The van der Waals surface area contributed by atoms with Gasteiger partial charge in [0.25, 0.3) is 0 Å². The Morgan fingerprint density at radius 2 is 1.84 bits per heavy atom. The number of halogens is 1. The SMILES string of the molecule is O=C(CCCc1ccc(Cl)cc1)N1CCC(Nc2ncccn2)CC1. The zero-order valence-corrected chi connectivity index (χ0v) is 15.0. The van der Waals surface area contributed by atoms with E-state index in [1.807, 2.05) is 29.2 Å². The average Bonchev–Trinajstić information content (AvgIpc) is 2.65. The molecule has 1 amide bonds. The molecule has 0 bridgehead atoms. The van der Waals surface area contributed by atoms with E-state index in [0.717, 1.165) is 43.8 Å². The fraction of sp³-hybridized carbons (Fsp3) is 0.421. The van der Waals surface area contributed by atoms with Crippen molar-refractivity contribution in [2.45, 2.75) is 38.1 Å². The van der Waals surface area contributed by atoms with Gasteiger partial charge in [0.2, 0.25) is 11.9 Å². The van der Waals surface area contributed by atoms with Gasteiger partial charge >= 0.3 is 0 Å². The number of nitrogens with one attached hydrogen (secondary N) is 1. The van der Waals surface area contributed by atoms with E-state index in [2.05, 4.69) is 15.3 Å². The van der Waals surface area contributed by atoms with Crippen LogP contribution in [0.15, 0.2) is 42.7 Å².